The van der Waals surface area contributed by atoms with Crippen molar-refractivity contribution in [2.24, 2.45) is 0 Å². The molecule has 18 heteroatoms. The Hall–Kier alpha value is -6.06. The first-order valence-corrected chi connectivity index (χ1v) is 16.0. The number of nitriles is 1. The van der Waals surface area contributed by atoms with Crippen LogP contribution in [0.5, 0.6) is 5.88 Å². The number of rotatable bonds is 15. The van der Waals surface area contributed by atoms with E-state index in [0.29, 0.717) is 43.1 Å². The number of hydrogen-bond acceptors (Lipinski definition) is 9. The van der Waals surface area contributed by atoms with Gasteiger partial charge in [0.05, 0.1) is 55.4 Å². The number of aliphatic carboxylic acids is 3. The number of thiocarbonyl (C=S) groups is 1. The monoisotopic (exact) mass is 756 g/mol. The normalized spacial score (nSPS) is 11.0. The summed E-state index contributed by atoms with van der Waals surface area (Å²) in [6, 6.07) is 18.5. The van der Waals surface area contributed by atoms with Crippen LogP contribution < -0.4 is 15.0 Å². The van der Waals surface area contributed by atoms with E-state index >= 15 is 0 Å². The summed E-state index contributed by atoms with van der Waals surface area (Å²) in [5.74, 6) is -4.58. The Bertz CT molecular complexity index is 1900. The Morgan fingerprint density at radius 2 is 1.66 bits per heavy atom. The quantitative estimate of drug-likeness (QED) is 0.106. The number of hydrogen-bond donors (Lipinski definition) is 5. The first kappa shape index (κ1) is 41.4. The molecule has 4 rings (SSSR count). The standard InChI is InChI=1S/C29H27F3N6OS.C6H8O7/c1-39-27-13-12-25(18-35-27)38(28(40)36-16-23-5-2-3-7-26(23)29(30,31)32)14-4-6-24-17-34-20-37(24)19-22-10-8-21(15-33)9-11-22;7-3(8)1-6(13,5(11)12)2-4(9)10/h2-3,5,7-13,17-18,20H,4,6,14,16,19H2,1H3,(H,36,40);13H,1-2H2,(H,7,8)(H,9,10)(H,11,12). The van der Waals surface area contributed by atoms with Crippen LogP contribution in [0.3, 0.4) is 0 Å². The summed E-state index contributed by atoms with van der Waals surface area (Å²) in [4.78, 5) is 40.9. The maximum atomic E-state index is 13.5. The number of imidazole rings is 1. The van der Waals surface area contributed by atoms with E-state index in [-0.39, 0.29) is 17.2 Å². The van der Waals surface area contributed by atoms with Gasteiger partial charge in [0.25, 0.3) is 0 Å². The fraction of sp³-hybridized carbons (Fsp3) is 0.286. The molecular weight excluding hydrogens is 721 g/mol. The largest absolute Gasteiger partial charge is 0.481 e. The van der Waals surface area contributed by atoms with Crippen molar-refractivity contribution in [3.05, 3.63) is 107 Å². The van der Waals surface area contributed by atoms with Crippen molar-refractivity contribution in [1.82, 2.24) is 19.9 Å². The van der Waals surface area contributed by atoms with E-state index in [1.165, 1.54) is 19.2 Å². The van der Waals surface area contributed by atoms with Crippen LogP contribution in [0.15, 0.2) is 79.4 Å². The lowest BCUT2D eigenvalue weighted by Gasteiger charge is -2.26. The summed E-state index contributed by atoms with van der Waals surface area (Å²) in [5.41, 5.74) is 0.0411. The van der Waals surface area contributed by atoms with Crippen LogP contribution in [0.4, 0.5) is 18.9 Å². The van der Waals surface area contributed by atoms with Crippen LogP contribution in [0, 0.1) is 11.3 Å². The minimum absolute atomic E-state index is 0.0774. The number of carboxylic acids is 3. The molecule has 280 valence electrons. The number of aliphatic hydroxyl groups is 1. The molecule has 0 amide bonds. The first-order chi connectivity index (χ1) is 25.1. The number of methoxy groups -OCH3 is 1. The molecule has 0 radical (unpaired) electrons. The zero-order valence-corrected chi connectivity index (χ0v) is 29.0. The molecule has 5 N–H and O–H groups in total. The maximum Gasteiger partial charge on any atom is 0.416 e. The molecule has 0 saturated carbocycles. The van der Waals surface area contributed by atoms with Gasteiger partial charge in [0.2, 0.25) is 5.88 Å². The SMILES string of the molecule is COc1ccc(N(CCCc2cncn2Cc2ccc(C#N)cc2)C(=S)NCc2ccccc2C(F)(F)F)cn1.O=C(O)CC(O)(CC(=O)O)C(=O)O. The van der Waals surface area contributed by atoms with Crippen molar-refractivity contribution in [2.45, 2.75) is 50.6 Å². The van der Waals surface area contributed by atoms with Gasteiger partial charge < -0.3 is 39.9 Å². The molecule has 4 aromatic rings. The predicted molar refractivity (Wildman–Crippen MR) is 187 cm³/mol. The number of nitrogens with one attached hydrogen (secondary N) is 1. The van der Waals surface area contributed by atoms with Crippen molar-refractivity contribution in [2.75, 3.05) is 18.6 Å². The molecule has 0 bridgehead atoms. The van der Waals surface area contributed by atoms with Crippen LogP contribution in [-0.4, -0.2) is 77.2 Å². The highest BCUT2D eigenvalue weighted by Crippen LogP contribution is 2.32. The summed E-state index contributed by atoms with van der Waals surface area (Å²) in [5, 5.41) is 46.1. The maximum absolute atomic E-state index is 13.5. The van der Waals surface area contributed by atoms with Gasteiger partial charge in [-0.05, 0) is 60.5 Å². The van der Waals surface area contributed by atoms with E-state index in [1.54, 1.807) is 42.9 Å². The highest BCUT2D eigenvalue weighted by molar-refractivity contribution is 7.80. The third kappa shape index (κ3) is 12.6. The van der Waals surface area contributed by atoms with Gasteiger partial charge in [-0.1, -0.05) is 30.3 Å². The Morgan fingerprint density at radius 3 is 2.21 bits per heavy atom. The third-order valence-electron chi connectivity index (χ3n) is 7.57. The second-order valence-corrected chi connectivity index (χ2v) is 11.8. The molecule has 0 unspecified atom stereocenters. The van der Waals surface area contributed by atoms with E-state index in [2.05, 4.69) is 21.4 Å². The van der Waals surface area contributed by atoms with Crippen molar-refractivity contribution in [1.29, 1.82) is 5.26 Å². The molecule has 0 aliphatic carbocycles. The average Bonchev–Trinajstić information content (AvgIpc) is 3.55. The summed E-state index contributed by atoms with van der Waals surface area (Å²) in [6.45, 7) is 1.03. The van der Waals surface area contributed by atoms with Gasteiger partial charge in [-0.15, -0.1) is 0 Å². The van der Waals surface area contributed by atoms with E-state index in [4.69, 9.17) is 42.6 Å². The van der Waals surface area contributed by atoms with Gasteiger partial charge in [0.1, 0.15) is 0 Å². The number of aromatic nitrogens is 3. The molecule has 2 aromatic carbocycles. The van der Waals surface area contributed by atoms with E-state index in [9.17, 15) is 27.6 Å². The molecule has 2 heterocycles. The van der Waals surface area contributed by atoms with E-state index in [1.807, 2.05) is 27.8 Å². The number of alkyl halides is 3. The molecule has 0 saturated heterocycles. The zero-order chi connectivity index (χ0) is 39.2. The third-order valence-corrected chi connectivity index (χ3v) is 7.94. The lowest BCUT2D eigenvalue weighted by molar-refractivity contribution is -0.170. The van der Waals surface area contributed by atoms with E-state index in [0.717, 1.165) is 17.3 Å². The summed E-state index contributed by atoms with van der Waals surface area (Å²) >= 11 is 5.63. The van der Waals surface area contributed by atoms with Gasteiger partial charge in [0, 0.05) is 37.6 Å². The lowest BCUT2D eigenvalue weighted by atomic mass is 9.96. The Kier molecular flexibility index (Phi) is 14.8. The number of carbonyl (C=O) groups is 3. The number of anilines is 1. The number of aryl methyl sites for hydroxylation is 1. The highest BCUT2D eigenvalue weighted by Gasteiger charge is 2.40. The number of carboxylic acid groups (broad SMARTS) is 3. The summed E-state index contributed by atoms with van der Waals surface area (Å²) in [7, 11) is 1.52. The van der Waals surface area contributed by atoms with Crippen LogP contribution in [0.1, 0.15) is 47.2 Å². The average molecular weight is 757 g/mol. The van der Waals surface area contributed by atoms with Gasteiger partial charge in [-0.2, -0.15) is 18.4 Å². The van der Waals surface area contributed by atoms with Crippen molar-refractivity contribution < 1.29 is 52.7 Å². The molecule has 2 aromatic heterocycles. The second kappa shape index (κ2) is 19.0. The second-order valence-electron chi connectivity index (χ2n) is 11.4. The number of pyridine rings is 1. The van der Waals surface area contributed by atoms with Crippen molar-refractivity contribution in [3.8, 4) is 11.9 Å². The van der Waals surface area contributed by atoms with Crippen LogP contribution in [0.25, 0.3) is 0 Å². The van der Waals surface area contributed by atoms with E-state index < -0.39 is 48.1 Å². The lowest BCUT2D eigenvalue weighted by Crippen LogP contribution is -2.42. The topological polar surface area (TPSA) is 211 Å². The summed E-state index contributed by atoms with van der Waals surface area (Å²) in [6.07, 6.45) is -0.173. The van der Waals surface area contributed by atoms with Crippen LogP contribution in [0.2, 0.25) is 0 Å². The van der Waals surface area contributed by atoms with Gasteiger partial charge in [-0.3, -0.25) is 9.59 Å². The number of halogens is 3. The first-order valence-electron chi connectivity index (χ1n) is 15.6. The molecule has 0 spiro atoms. The molecule has 53 heavy (non-hydrogen) atoms. The Balaban J connectivity index is 0.000000496. The van der Waals surface area contributed by atoms with Gasteiger partial charge in [-0.25, -0.2) is 14.8 Å². The van der Waals surface area contributed by atoms with Gasteiger partial charge in [0.15, 0.2) is 10.7 Å². The number of benzene rings is 2. The molecule has 0 fully saturated rings. The Morgan fingerprint density at radius 1 is 1.00 bits per heavy atom. The predicted octanol–water partition coefficient (Wildman–Crippen LogP) is 4.49. The minimum Gasteiger partial charge on any atom is -0.481 e. The smallest absolute Gasteiger partial charge is 0.416 e. The number of nitrogens with zero attached hydrogens (tertiary/aromatic N) is 5. The van der Waals surface area contributed by atoms with Crippen molar-refractivity contribution in [3.63, 3.8) is 0 Å². The zero-order valence-electron chi connectivity index (χ0n) is 28.2. The van der Waals surface area contributed by atoms with Crippen molar-refractivity contribution >= 4 is 40.9 Å². The molecular formula is C35H35F3N6O8S. The van der Waals surface area contributed by atoms with Crippen LogP contribution >= 0.6 is 12.2 Å². The fourth-order valence-corrected chi connectivity index (χ4v) is 5.20. The fourth-order valence-electron chi connectivity index (χ4n) is 4.93. The molecule has 14 nitrogen and oxygen atoms in total. The molecule has 0 aliphatic rings. The molecule has 0 aliphatic heterocycles. The van der Waals surface area contributed by atoms with Gasteiger partial charge >= 0.3 is 24.1 Å². The summed E-state index contributed by atoms with van der Waals surface area (Å²) < 4.78 is 47.6. The number of ether oxygens (including phenoxy) is 1. The highest BCUT2D eigenvalue weighted by atomic mass is 32.1. The van der Waals surface area contributed by atoms with Crippen LogP contribution in [-0.2, 0) is 40.1 Å². The minimum atomic E-state index is -4.46. The molecule has 0 atom stereocenters. The Labute approximate surface area is 306 Å².